The van der Waals surface area contributed by atoms with Crippen LogP contribution in [0.3, 0.4) is 0 Å². The molecule has 0 saturated heterocycles. The number of carbonyl (C=O) groups is 1. The number of nitrogens with zero attached hydrogens (tertiary/aromatic N) is 1. The number of benzene rings is 2. The Kier molecular flexibility index (Phi) is 4.41. The number of carbonyl (C=O) groups excluding carboxylic acids is 1. The van der Waals surface area contributed by atoms with Crippen molar-refractivity contribution in [1.29, 1.82) is 0 Å². The van der Waals surface area contributed by atoms with E-state index in [-0.39, 0.29) is 11.6 Å². The molecule has 110 valence electrons. The van der Waals surface area contributed by atoms with Crippen molar-refractivity contribution < 1.29 is 9.18 Å². The van der Waals surface area contributed by atoms with Crippen LogP contribution in [0.15, 0.2) is 36.4 Å². The van der Waals surface area contributed by atoms with Crippen molar-refractivity contribution in [1.82, 2.24) is 0 Å². The van der Waals surface area contributed by atoms with Crippen molar-refractivity contribution in [3.8, 4) is 0 Å². The van der Waals surface area contributed by atoms with Crippen LogP contribution in [0.25, 0.3) is 0 Å². The Bertz CT molecular complexity index is 662. The van der Waals surface area contributed by atoms with Crippen molar-refractivity contribution in [2.75, 3.05) is 11.9 Å². The van der Waals surface area contributed by atoms with Crippen LogP contribution in [0.2, 0.25) is 0 Å². The average Bonchev–Trinajstić information content (AvgIpc) is 2.43. The Morgan fingerprint density at radius 3 is 2.33 bits per heavy atom. The van der Waals surface area contributed by atoms with Crippen molar-refractivity contribution in [3.63, 3.8) is 0 Å². The molecule has 0 heterocycles. The Hall–Kier alpha value is -2.16. The topological polar surface area (TPSA) is 20.3 Å². The Balaban J connectivity index is 2.33. The van der Waals surface area contributed by atoms with Gasteiger partial charge in [0, 0.05) is 24.8 Å². The summed E-state index contributed by atoms with van der Waals surface area (Å²) in [6.45, 7) is 5.89. The van der Waals surface area contributed by atoms with E-state index in [2.05, 4.69) is 24.3 Å². The number of rotatable bonds is 4. The summed E-state index contributed by atoms with van der Waals surface area (Å²) in [6, 6.07) is 11.3. The Morgan fingerprint density at radius 2 is 1.76 bits per heavy atom. The van der Waals surface area contributed by atoms with Gasteiger partial charge in [0.1, 0.15) is 5.82 Å². The monoisotopic (exact) mass is 285 g/mol. The molecule has 0 amide bonds. The van der Waals surface area contributed by atoms with Gasteiger partial charge in [0.2, 0.25) is 0 Å². The average molecular weight is 285 g/mol. The van der Waals surface area contributed by atoms with E-state index in [4.69, 9.17) is 0 Å². The number of hydrogen-bond donors (Lipinski definition) is 0. The highest BCUT2D eigenvalue weighted by atomic mass is 19.1. The van der Waals surface area contributed by atoms with Crippen molar-refractivity contribution in [3.05, 3.63) is 64.5 Å². The third-order valence-electron chi connectivity index (χ3n) is 3.61. The first kappa shape index (κ1) is 15.2. The van der Waals surface area contributed by atoms with E-state index in [0.717, 1.165) is 11.3 Å². The van der Waals surface area contributed by atoms with Gasteiger partial charge in [-0.1, -0.05) is 29.8 Å². The lowest BCUT2D eigenvalue weighted by molar-refractivity contribution is 0.101. The number of ketones is 1. The molecule has 0 radical (unpaired) electrons. The molecule has 3 heteroatoms. The van der Waals surface area contributed by atoms with Crippen molar-refractivity contribution in [2.45, 2.75) is 27.3 Å². The molecular formula is C18H20FNO. The van der Waals surface area contributed by atoms with Crippen LogP contribution in [-0.4, -0.2) is 12.8 Å². The molecule has 2 nitrogen and oxygen atoms in total. The van der Waals surface area contributed by atoms with E-state index in [0.29, 0.717) is 17.7 Å². The minimum absolute atomic E-state index is 0.125. The van der Waals surface area contributed by atoms with Crippen molar-refractivity contribution >= 4 is 11.5 Å². The highest BCUT2D eigenvalue weighted by Gasteiger charge is 2.14. The molecule has 0 aliphatic heterocycles. The lowest BCUT2D eigenvalue weighted by atomic mass is 10.0. The quantitative estimate of drug-likeness (QED) is 0.781. The minimum atomic E-state index is -0.340. The summed E-state index contributed by atoms with van der Waals surface area (Å²) in [5.74, 6) is -0.465. The predicted octanol–water partition coefficient (Wildman–Crippen LogP) is 4.28. The molecule has 2 aromatic carbocycles. The first-order valence-corrected chi connectivity index (χ1v) is 6.96. The maximum atomic E-state index is 13.7. The molecule has 0 aromatic heterocycles. The molecule has 21 heavy (non-hydrogen) atoms. The van der Waals surface area contributed by atoms with Gasteiger partial charge in [0.25, 0.3) is 0 Å². The summed E-state index contributed by atoms with van der Waals surface area (Å²) >= 11 is 0. The van der Waals surface area contributed by atoms with Crippen LogP contribution in [0.4, 0.5) is 10.1 Å². The van der Waals surface area contributed by atoms with E-state index >= 15 is 0 Å². The summed E-state index contributed by atoms with van der Waals surface area (Å²) in [5.41, 5.74) is 4.10. The fourth-order valence-corrected chi connectivity index (χ4v) is 2.32. The third-order valence-corrected chi connectivity index (χ3v) is 3.61. The second kappa shape index (κ2) is 6.08. The predicted molar refractivity (Wildman–Crippen MR) is 84.4 cm³/mol. The Morgan fingerprint density at radius 1 is 1.14 bits per heavy atom. The summed E-state index contributed by atoms with van der Waals surface area (Å²) < 4.78 is 13.7. The molecule has 2 aromatic rings. The fraction of sp³-hybridized carbons (Fsp3) is 0.278. The molecule has 0 fully saturated rings. The SMILES string of the molecule is CC(=O)c1cc(F)c(C)cc1N(C)Cc1ccc(C)cc1. The van der Waals surface area contributed by atoms with Crippen LogP contribution in [0, 0.1) is 19.7 Å². The van der Waals surface area contributed by atoms with Gasteiger partial charge in [0.15, 0.2) is 5.78 Å². The first-order chi connectivity index (χ1) is 9.88. The number of Topliss-reactive ketones (excluding diaryl/α,β-unsaturated/α-hetero) is 1. The van der Waals surface area contributed by atoms with E-state index in [9.17, 15) is 9.18 Å². The molecule has 0 bridgehead atoms. The van der Waals surface area contributed by atoms with E-state index in [1.165, 1.54) is 18.6 Å². The molecule has 0 saturated carbocycles. The number of anilines is 1. The second-order valence-corrected chi connectivity index (χ2v) is 5.52. The first-order valence-electron chi connectivity index (χ1n) is 6.96. The van der Waals surface area contributed by atoms with Crippen LogP contribution in [0.5, 0.6) is 0 Å². The van der Waals surface area contributed by atoms with Crippen LogP contribution in [0.1, 0.15) is 34.0 Å². The normalized spacial score (nSPS) is 10.5. The lowest BCUT2D eigenvalue weighted by Crippen LogP contribution is -2.19. The van der Waals surface area contributed by atoms with Crippen LogP contribution >= 0.6 is 0 Å². The van der Waals surface area contributed by atoms with Crippen molar-refractivity contribution in [2.24, 2.45) is 0 Å². The van der Waals surface area contributed by atoms with Gasteiger partial charge in [0.05, 0.1) is 0 Å². The van der Waals surface area contributed by atoms with Gasteiger partial charge in [-0.05, 0) is 44.0 Å². The zero-order chi connectivity index (χ0) is 15.6. The van der Waals surface area contributed by atoms with E-state index in [1.54, 1.807) is 13.0 Å². The molecular weight excluding hydrogens is 265 g/mol. The minimum Gasteiger partial charge on any atom is -0.370 e. The van der Waals surface area contributed by atoms with Gasteiger partial charge in [-0.3, -0.25) is 4.79 Å². The number of aryl methyl sites for hydroxylation is 2. The summed E-state index contributed by atoms with van der Waals surface area (Å²) in [6.07, 6.45) is 0. The van der Waals surface area contributed by atoms with Gasteiger partial charge in [-0.25, -0.2) is 4.39 Å². The molecule has 0 spiro atoms. The second-order valence-electron chi connectivity index (χ2n) is 5.52. The number of hydrogen-bond acceptors (Lipinski definition) is 2. The molecule has 2 rings (SSSR count). The largest absolute Gasteiger partial charge is 0.370 e. The summed E-state index contributed by atoms with van der Waals surface area (Å²) in [4.78, 5) is 13.7. The standard InChI is InChI=1S/C18H20FNO/c1-12-5-7-15(8-6-12)11-20(4)18-9-13(2)17(19)10-16(18)14(3)21/h5-10H,11H2,1-4H3. The lowest BCUT2D eigenvalue weighted by Gasteiger charge is -2.23. The summed E-state index contributed by atoms with van der Waals surface area (Å²) in [5, 5.41) is 0. The van der Waals surface area contributed by atoms with Crippen LogP contribution < -0.4 is 4.90 Å². The van der Waals surface area contributed by atoms with Gasteiger partial charge < -0.3 is 4.90 Å². The fourth-order valence-electron chi connectivity index (χ4n) is 2.32. The molecule has 0 aliphatic rings. The van der Waals surface area contributed by atoms with Gasteiger partial charge >= 0.3 is 0 Å². The smallest absolute Gasteiger partial charge is 0.161 e. The highest BCUT2D eigenvalue weighted by molar-refractivity contribution is 5.99. The zero-order valence-corrected chi connectivity index (χ0v) is 12.9. The molecule has 0 unspecified atom stereocenters. The maximum Gasteiger partial charge on any atom is 0.161 e. The summed E-state index contributed by atoms with van der Waals surface area (Å²) in [7, 11) is 1.92. The van der Waals surface area contributed by atoms with Gasteiger partial charge in [-0.2, -0.15) is 0 Å². The van der Waals surface area contributed by atoms with E-state index < -0.39 is 0 Å². The van der Waals surface area contributed by atoms with Crippen LogP contribution in [-0.2, 0) is 6.54 Å². The molecule has 0 N–H and O–H groups in total. The maximum absolute atomic E-state index is 13.7. The van der Waals surface area contributed by atoms with Gasteiger partial charge in [-0.15, -0.1) is 0 Å². The van der Waals surface area contributed by atoms with E-state index in [1.807, 2.05) is 18.9 Å². The zero-order valence-electron chi connectivity index (χ0n) is 12.9. The molecule has 0 atom stereocenters. The third kappa shape index (κ3) is 3.48. The highest BCUT2D eigenvalue weighted by Crippen LogP contribution is 2.25. The molecule has 0 aliphatic carbocycles. The Labute approximate surface area is 125 Å². The number of halogens is 1.